The summed E-state index contributed by atoms with van der Waals surface area (Å²) in [5.41, 5.74) is 5.77. The van der Waals surface area contributed by atoms with E-state index in [0.29, 0.717) is 24.1 Å². The zero-order chi connectivity index (χ0) is 57.2. The summed E-state index contributed by atoms with van der Waals surface area (Å²) >= 11 is 6.70. The van der Waals surface area contributed by atoms with Crippen molar-refractivity contribution < 1.29 is 95.1 Å². The van der Waals surface area contributed by atoms with Crippen LogP contribution < -0.4 is 29.8 Å². The van der Waals surface area contributed by atoms with Crippen molar-refractivity contribution in [3.63, 3.8) is 0 Å². The van der Waals surface area contributed by atoms with Gasteiger partial charge in [0, 0.05) is 43.5 Å². The average Bonchev–Trinajstić information content (AvgIpc) is 3.45. The molecule has 2 fully saturated rings. The molecule has 2 aliphatic rings. The summed E-state index contributed by atoms with van der Waals surface area (Å²) in [7, 11) is -1.17. The number of unbranched alkanes of at least 4 members (excludes halogenated alkanes) is 1. The van der Waals surface area contributed by atoms with E-state index in [2.05, 4.69) is 71.8 Å². The van der Waals surface area contributed by atoms with Crippen LogP contribution in [-0.2, 0) is 69.5 Å². The molecule has 5 aromatic carbocycles. The van der Waals surface area contributed by atoms with E-state index in [0.717, 1.165) is 82.9 Å². The number of hydrogen-bond acceptors (Lipinski definition) is 15. The molecule has 424 valence electrons. The topological polar surface area (TPSA) is 240 Å². The predicted octanol–water partition coefficient (Wildman–Crippen LogP) is 4.96. The van der Waals surface area contributed by atoms with Gasteiger partial charge >= 0.3 is 40.4 Å². The number of aliphatic hydroxyl groups excluding tert-OH is 2. The molecule has 0 bridgehead atoms. The summed E-state index contributed by atoms with van der Waals surface area (Å²) < 4.78 is 73.4. The predicted molar refractivity (Wildman–Crippen MR) is 316 cm³/mol. The molecule has 7 N–H and O–H groups in total. The second-order valence-corrected chi connectivity index (χ2v) is 19.4. The molecule has 2 aliphatic heterocycles. The molecule has 0 amide bonds. The molecule has 77 heavy (non-hydrogen) atoms. The van der Waals surface area contributed by atoms with Crippen molar-refractivity contribution in [2.45, 2.75) is 109 Å². The summed E-state index contributed by atoms with van der Waals surface area (Å²) in [5, 5.41) is 52.5. The van der Waals surface area contributed by atoms with Crippen molar-refractivity contribution in [1.82, 2.24) is 0 Å². The smallest absolute Gasteiger partial charge is 0.423 e. The minimum absolute atomic E-state index is 0. The second-order valence-electron chi connectivity index (χ2n) is 16.2. The van der Waals surface area contributed by atoms with E-state index in [4.69, 9.17) is 55.1 Å². The summed E-state index contributed by atoms with van der Waals surface area (Å²) in [6, 6.07) is 35.2. The quantitative estimate of drug-likeness (QED) is 0.0317. The standard InChI is InChI=1S/C12H17BO4.C12H15BrO2.C7H9BO3.C7H7BrO.C7H8O3S.C4H9.C3H9BO3.ClH.Li.H3P/c14-13(15)11-6-4-10(5-7-11)9-17-12-3-1-2-8-16-12;13-11-6-4-10(5-7-11)9-15-12-3-1-2-8-14-12;9-5-6-1-3-7(4-2-6)8(10)11;8-7-3-1-6(5-9)2-4-7;1-6-2-4-7(5-3-6)11(8,9)10;1-3-4-2;1-5-4(6-2)7-3;;;/h4-7,12,14-15H,1-3,8-9H2;4-7,12H,1-3,8-9H2;1-4,9-11H,5H2;1-4,9H,5H2;2-5H,1H3,(H,8,9,10);1,3-4H2,2H3;1-3H3;1H;;1H3/q;;;;;-1;;;+1;/i;;;;;;;;;1D. The Morgan fingerprint density at radius 3 is 1.21 bits per heavy atom. The van der Waals surface area contributed by atoms with Gasteiger partial charge in [-0.25, -0.2) is 0 Å². The summed E-state index contributed by atoms with van der Waals surface area (Å²) in [6.07, 6.45) is 8.81. The van der Waals surface area contributed by atoms with Gasteiger partial charge in [0.05, 0.1) is 32.6 Å². The molecule has 16 nitrogen and oxygen atoms in total. The van der Waals surface area contributed by atoms with Gasteiger partial charge in [-0.15, -0.1) is 12.4 Å². The maximum Gasteiger partial charge on any atom is 1.00 e. The zero-order valence-electron chi connectivity index (χ0n) is 46.0. The van der Waals surface area contributed by atoms with Gasteiger partial charge in [0.15, 0.2) is 12.6 Å². The SMILES string of the molecule is Brc1ccc(COC2CCCCO2)cc1.COB(OC)OC.Cc1ccc(S(=O)(=O)O)cc1.Cl.OB(O)c1ccc(COC2CCCCO2)cc1.OCc1ccc(B(O)O)cc1.OCc1ccc(Br)cc1.[2H]P.[CH2-]CCC.[Li+]. The molecular formula is C52H78B3Br2ClLiO16PS. The third kappa shape index (κ3) is 39.1. The Bertz CT molecular complexity index is 2240. The van der Waals surface area contributed by atoms with Crippen LogP contribution in [0, 0.1) is 13.8 Å². The number of halogens is 3. The molecule has 3 unspecified atom stereocenters. The average molecular weight is 1260 g/mol. The molecule has 2 heterocycles. The van der Waals surface area contributed by atoms with Crippen LogP contribution in [-0.4, -0.2) is 113 Å². The normalized spacial score (nSPS) is 14.1. The number of aryl methyl sites for hydroxylation is 1. The van der Waals surface area contributed by atoms with Gasteiger partial charge in [0.25, 0.3) is 10.1 Å². The molecule has 0 spiro atoms. The fourth-order valence-corrected chi connectivity index (χ4v) is 6.82. The molecule has 3 atom stereocenters. The molecule has 7 rings (SSSR count). The van der Waals surface area contributed by atoms with Crippen molar-refractivity contribution in [2.24, 2.45) is 0 Å². The zero-order valence-corrected chi connectivity index (χ0v) is 51.0. The molecule has 0 saturated carbocycles. The van der Waals surface area contributed by atoms with Gasteiger partial charge in [-0.2, -0.15) is 24.7 Å². The van der Waals surface area contributed by atoms with Gasteiger partial charge < -0.3 is 70.1 Å². The monoisotopic (exact) mass is 1260 g/mol. The van der Waals surface area contributed by atoms with Gasteiger partial charge in [-0.05, 0) is 115 Å². The van der Waals surface area contributed by atoms with E-state index in [1.807, 2.05) is 55.5 Å². The van der Waals surface area contributed by atoms with Crippen molar-refractivity contribution in [3.05, 3.63) is 165 Å². The van der Waals surface area contributed by atoms with E-state index in [1.165, 1.54) is 51.9 Å². The maximum atomic E-state index is 10.5. The maximum absolute atomic E-state index is 10.5. The van der Waals surface area contributed by atoms with Crippen LogP contribution in [0.1, 0.15) is 86.1 Å². The Hall–Kier alpha value is -2.04. The van der Waals surface area contributed by atoms with E-state index in [1.54, 1.807) is 58.4 Å². The first-order valence-corrected chi connectivity index (χ1v) is 26.9. The number of aliphatic hydroxyl groups is 2. The fraction of sp³-hybridized carbons (Fsp3) is 0.404. The number of rotatable bonds is 15. The summed E-state index contributed by atoms with van der Waals surface area (Å²) in [4.78, 5) is -0.0666. The van der Waals surface area contributed by atoms with Crippen molar-refractivity contribution in [1.29, 1.82) is 1.28 Å². The molecule has 0 radical (unpaired) electrons. The van der Waals surface area contributed by atoms with Gasteiger partial charge in [-0.1, -0.05) is 136 Å². The largest absolute Gasteiger partial charge is 1.00 e. The fourth-order valence-electron chi connectivity index (χ4n) is 5.81. The Balaban J connectivity index is -0.000000860. The minimum Gasteiger partial charge on any atom is -0.423 e. The minimum atomic E-state index is -4.02. The first-order valence-electron chi connectivity index (χ1n) is 24.5. The van der Waals surface area contributed by atoms with Gasteiger partial charge in [0.2, 0.25) is 0 Å². The summed E-state index contributed by atoms with van der Waals surface area (Å²) in [5.74, 6) is 0. The molecule has 5 aromatic rings. The van der Waals surface area contributed by atoms with Crippen LogP contribution in [0.15, 0.2) is 135 Å². The molecule has 0 aromatic heterocycles. The first-order chi connectivity index (χ1) is 36.4. The van der Waals surface area contributed by atoms with E-state index in [-0.39, 0.29) is 62.0 Å². The second kappa shape index (κ2) is 48.7. The Kier molecular flexibility index (Phi) is 48.7. The van der Waals surface area contributed by atoms with Crippen molar-refractivity contribution >= 4 is 96.7 Å². The van der Waals surface area contributed by atoms with Crippen molar-refractivity contribution in [2.75, 3.05) is 34.5 Å². The number of hydrogen-bond donors (Lipinski definition) is 7. The third-order valence-electron chi connectivity index (χ3n) is 10.1. The summed E-state index contributed by atoms with van der Waals surface area (Å²) in [6.45, 7) is 10.4. The van der Waals surface area contributed by atoms with Crippen LogP contribution in [0.4, 0.5) is 0 Å². The number of ether oxygens (including phenoxy) is 4. The molecular weight excluding hydrogens is 1180 g/mol. The Morgan fingerprint density at radius 1 is 0.623 bits per heavy atom. The Morgan fingerprint density at radius 2 is 0.948 bits per heavy atom. The van der Waals surface area contributed by atoms with Crippen LogP contribution in [0.3, 0.4) is 0 Å². The van der Waals surface area contributed by atoms with Crippen LogP contribution in [0.25, 0.3) is 0 Å². The third-order valence-corrected chi connectivity index (χ3v) is 12.1. The van der Waals surface area contributed by atoms with Crippen LogP contribution >= 0.6 is 54.1 Å². The van der Waals surface area contributed by atoms with E-state index in [9.17, 15) is 8.42 Å². The molecule has 25 heteroatoms. The first kappa shape index (κ1) is 77.0. The van der Waals surface area contributed by atoms with Gasteiger partial charge in [0.1, 0.15) is 0 Å². The van der Waals surface area contributed by atoms with Crippen LogP contribution in [0.5, 0.6) is 0 Å². The number of benzene rings is 5. The van der Waals surface area contributed by atoms with Crippen molar-refractivity contribution in [3.8, 4) is 0 Å². The van der Waals surface area contributed by atoms with E-state index >= 15 is 0 Å². The Labute approximate surface area is 498 Å². The molecule has 0 aliphatic carbocycles. The van der Waals surface area contributed by atoms with Gasteiger partial charge in [-0.3, -0.25) is 4.55 Å². The molecule has 2 saturated heterocycles. The van der Waals surface area contributed by atoms with Crippen LogP contribution in [0.2, 0.25) is 0 Å². The van der Waals surface area contributed by atoms with E-state index < -0.39 is 31.7 Å².